The summed E-state index contributed by atoms with van der Waals surface area (Å²) in [7, 11) is 0. The number of benzene rings is 1. The lowest BCUT2D eigenvalue weighted by atomic mass is 9.98. The molecule has 0 aliphatic carbocycles. The summed E-state index contributed by atoms with van der Waals surface area (Å²) in [4.78, 5) is 27.8. The number of carboxylic acids is 1. The van der Waals surface area contributed by atoms with Gasteiger partial charge in [0, 0.05) is 16.5 Å². The topological polar surface area (TPSA) is 110 Å². The van der Waals surface area contributed by atoms with E-state index in [2.05, 4.69) is 41.4 Å². The van der Waals surface area contributed by atoms with Gasteiger partial charge in [0.1, 0.15) is 0 Å². The van der Waals surface area contributed by atoms with Gasteiger partial charge in [-0.2, -0.15) is 0 Å². The van der Waals surface area contributed by atoms with Gasteiger partial charge in [-0.1, -0.05) is 32.1 Å². The monoisotopic (exact) mass is 385 g/mol. The van der Waals surface area contributed by atoms with Crippen LogP contribution < -0.4 is 5.32 Å². The van der Waals surface area contributed by atoms with E-state index in [0.29, 0.717) is 11.4 Å². The zero-order chi connectivity index (χ0) is 19.6. The van der Waals surface area contributed by atoms with Gasteiger partial charge in [-0.05, 0) is 18.2 Å². The highest BCUT2D eigenvalue weighted by Crippen LogP contribution is 2.25. The van der Waals surface area contributed by atoms with Gasteiger partial charge >= 0.3 is 5.97 Å². The summed E-state index contributed by atoms with van der Waals surface area (Å²) in [5, 5.41) is 22.0. The van der Waals surface area contributed by atoms with E-state index in [9.17, 15) is 9.59 Å². The first-order valence-corrected chi connectivity index (χ1v) is 9.11. The minimum absolute atomic E-state index is 0.0413. The molecule has 27 heavy (non-hydrogen) atoms. The molecule has 0 aliphatic rings. The third-order valence-electron chi connectivity index (χ3n) is 3.64. The first kappa shape index (κ1) is 18.7. The number of hydrogen-bond donors (Lipinski definition) is 2. The summed E-state index contributed by atoms with van der Waals surface area (Å²) in [6, 6.07) is 6.93. The molecule has 0 radical (unpaired) electrons. The maximum atomic E-state index is 12.3. The van der Waals surface area contributed by atoms with Gasteiger partial charge in [0.25, 0.3) is 0 Å². The summed E-state index contributed by atoms with van der Waals surface area (Å²) in [6.07, 6.45) is 1.50. The van der Waals surface area contributed by atoms with Crippen LogP contribution in [0, 0.1) is 0 Å². The van der Waals surface area contributed by atoms with Gasteiger partial charge in [0.15, 0.2) is 5.69 Å². The second kappa shape index (κ2) is 7.28. The van der Waals surface area contributed by atoms with Crippen molar-refractivity contribution in [1.29, 1.82) is 0 Å². The van der Waals surface area contributed by atoms with Crippen molar-refractivity contribution < 1.29 is 14.7 Å². The van der Waals surface area contributed by atoms with Crippen LogP contribution in [0.5, 0.6) is 0 Å². The highest BCUT2D eigenvalue weighted by molar-refractivity contribution is 7.09. The Bertz CT molecular complexity index is 987. The Morgan fingerprint density at radius 1 is 1.30 bits per heavy atom. The molecular formula is C18H19N5O3S. The third kappa shape index (κ3) is 4.56. The average Bonchev–Trinajstić information content (AvgIpc) is 3.23. The lowest BCUT2D eigenvalue weighted by molar-refractivity contribution is -0.115. The van der Waals surface area contributed by atoms with Crippen LogP contribution in [-0.2, 0) is 16.6 Å². The SMILES string of the molecule is CC(C)(C)c1nc(CC(=O)Nc2cccc(-n3cc(C(=O)O)nn3)c2)cs1. The fourth-order valence-electron chi connectivity index (χ4n) is 2.32. The number of carbonyl (C=O) groups excluding carboxylic acids is 1. The molecule has 3 aromatic rings. The number of thiazole rings is 1. The molecule has 140 valence electrons. The maximum absolute atomic E-state index is 12.3. The molecule has 0 atom stereocenters. The number of aromatic carboxylic acids is 1. The number of rotatable bonds is 5. The Hall–Kier alpha value is -3.07. The minimum Gasteiger partial charge on any atom is -0.476 e. The van der Waals surface area contributed by atoms with Crippen LogP contribution in [0.2, 0.25) is 0 Å². The number of aromatic nitrogens is 4. The number of nitrogens with zero attached hydrogens (tertiary/aromatic N) is 4. The van der Waals surface area contributed by atoms with Crippen molar-refractivity contribution in [3.05, 3.63) is 52.2 Å². The molecule has 3 rings (SSSR count). The van der Waals surface area contributed by atoms with E-state index >= 15 is 0 Å². The standard InChI is InChI=1S/C18H19N5O3S/c1-18(2,3)17-20-12(10-27-17)8-15(24)19-11-5-4-6-13(7-11)23-9-14(16(25)26)21-22-23/h4-7,9-10H,8H2,1-3H3,(H,19,24)(H,25,26). The van der Waals surface area contributed by atoms with Crippen LogP contribution in [0.4, 0.5) is 5.69 Å². The van der Waals surface area contributed by atoms with Crippen molar-refractivity contribution in [1.82, 2.24) is 20.0 Å². The summed E-state index contributed by atoms with van der Waals surface area (Å²) < 4.78 is 1.34. The van der Waals surface area contributed by atoms with E-state index in [0.717, 1.165) is 10.7 Å². The molecule has 0 spiro atoms. The minimum atomic E-state index is -1.15. The normalized spacial score (nSPS) is 11.4. The predicted molar refractivity (Wildman–Crippen MR) is 101 cm³/mol. The number of carboxylic acid groups (broad SMARTS) is 1. The van der Waals surface area contributed by atoms with Crippen LogP contribution in [0.25, 0.3) is 5.69 Å². The van der Waals surface area contributed by atoms with E-state index in [1.807, 2.05) is 5.38 Å². The van der Waals surface area contributed by atoms with Crippen LogP contribution in [0.15, 0.2) is 35.8 Å². The summed E-state index contributed by atoms with van der Waals surface area (Å²) in [5.74, 6) is -1.33. The van der Waals surface area contributed by atoms with Gasteiger partial charge in [-0.15, -0.1) is 16.4 Å². The Kier molecular flexibility index (Phi) is 5.04. The van der Waals surface area contributed by atoms with Crippen LogP contribution in [0.3, 0.4) is 0 Å². The molecule has 0 saturated carbocycles. The highest BCUT2D eigenvalue weighted by Gasteiger charge is 2.19. The van der Waals surface area contributed by atoms with Crippen LogP contribution in [0.1, 0.15) is 42.0 Å². The van der Waals surface area contributed by atoms with E-state index < -0.39 is 5.97 Å². The molecule has 1 amide bonds. The lowest BCUT2D eigenvalue weighted by Gasteiger charge is -2.13. The van der Waals surface area contributed by atoms with E-state index in [4.69, 9.17) is 5.11 Å². The quantitative estimate of drug-likeness (QED) is 0.699. The van der Waals surface area contributed by atoms with Crippen LogP contribution >= 0.6 is 11.3 Å². The molecule has 1 aromatic carbocycles. The summed E-state index contributed by atoms with van der Waals surface area (Å²) in [5.41, 5.74) is 1.72. The molecule has 2 N–H and O–H groups in total. The second-order valence-corrected chi connectivity index (χ2v) is 7.88. The Labute approximate surface area is 159 Å². The van der Waals surface area contributed by atoms with Gasteiger partial charge < -0.3 is 10.4 Å². The van der Waals surface area contributed by atoms with E-state index in [-0.39, 0.29) is 23.4 Å². The Morgan fingerprint density at radius 3 is 2.70 bits per heavy atom. The summed E-state index contributed by atoms with van der Waals surface area (Å²) >= 11 is 1.55. The number of amides is 1. The van der Waals surface area contributed by atoms with Crippen molar-refractivity contribution in [2.24, 2.45) is 0 Å². The van der Waals surface area contributed by atoms with Gasteiger partial charge in [-0.3, -0.25) is 4.79 Å². The first-order valence-electron chi connectivity index (χ1n) is 8.23. The number of anilines is 1. The summed E-state index contributed by atoms with van der Waals surface area (Å²) in [6.45, 7) is 6.25. The zero-order valence-corrected chi connectivity index (χ0v) is 15.9. The fourth-order valence-corrected chi connectivity index (χ4v) is 3.22. The molecule has 0 saturated heterocycles. The molecule has 9 heteroatoms. The van der Waals surface area contributed by atoms with Gasteiger partial charge in [0.05, 0.1) is 29.0 Å². The Morgan fingerprint density at radius 2 is 2.07 bits per heavy atom. The number of hydrogen-bond acceptors (Lipinski definition) is 6. The van der Waals surface area contributed by atoms with E-state index in [1.54, 1.807) is 35.6 Å². The molecule has 2 heterocycles. The van der Waals surface area contributed by atoms with Crippen LogP contribution in [-0.4, -0.2) is 37.0 Å². The Balaban J connectivity index is 1.69. The van der Waals surface area contributed by atoms with Crippen molar-refractivity contribution in [3.63, 3.8) is 0 Å². The lowest BCUT2D eigenvalue weighted by Crippen LogP contribution is -2.16. The second-order valence-electron chi connectivity index (χ2n) is 7.02. The number of nitrogens with one attached hydrogen (secondary N) is 1. The average molecular weight is 385 g/mol. The fraction of sp³-hybridized carbons (Fsp3) is 0.278. The largest absolute Gasteiger partial charge is 0.476 e. The first-order chi connectivity index (χ1) is 12.7. The zero-order valence-electron chi connectivity index (χ0n) is 15.1. The van der Waals surface area contributed by atoms with Crippen molar-refractivity contribution in [3.8, 4) is 5.69 Å². The van der Waals surface area contributed by atoms with Crippen molar-refractivity contribution in [2.45, 2.75) is 32.6 Å². The van der Waals surface area contributed by atoms with Crippen molar-refractivity contribution >= 4 is 28.9 Å². The predicted octanol–water partition coefficient (Wildman–Crippen LogP) is 2.90. The molecule has 2 aromatic heterocycles. The molecule has 8 nitrogen and oxygen atoms in total. The third-order valence-corrected chi connectivity index (χ3v) is 4.96. The van der Waals surface area contributed by atoms with Gasteiger partial charge in [-0.25, -0.2) is 14.5 Å². The maximum Gasteiger partial charge on any atom is 0.358 e. The number of carbonyl (C=O) groups is 2. The van der Waals surface area contributed by atoms with E-state index in [1.165, 1.54) is 10.9 Å². The molecule has 0 unspecified atom stereocenters. The van der Waals surface area contributed by atoms with Gasteiger partial charge in [0.2, 0.25) is 5.91 Å². The molecule has 0 aliphatic heterocycles. The smallest absolute Gasteiger partial charge is 0.358 e. The molecular weight excluding hydrogens is 366 g/mol. The molecule has 0 bridgehead atoms. The van der Waals surface area contributed by atoms with Crippen molar-refractivity contribution in [2.75, 3.05) is 5.32 Å². The molecule has 0 fully saturated rings. The highest BCUT2D eigenvalue weighted by atomic mass is 32.1.